The lowest BCUT2D eigenvalue weighted by atomic mass is 9.73. The van der Waals surface area contributed by atoms with Gasteiger partial charge in [-0.15, -0.1) is 0 Å². The second-order valence-corrected chi connectivity index (χ2v) is 6.81. The van der Waals surface area contributed by atoms with Crippen molar-refractivity contribution in [1.29, 1.82) is 0 Å². The average Bonchev–Trinajstić information content (AvgIpc) is 2.69. The molecule has 0 bridgehead atoms. The van der Waals surface area contributed by atoms with E-state index in [0.717, 1.165) is 12.8 Å². The molecule has 1 heterocycles. The van der Waals surface area contributed by atoms with Gasteiger partial charge in [0, 0.05) is 17.4 Å². The summed E-state index contributed by atoms with van der Waals surface area (Å²) in [6.07, 6.45) is 4.56. The Bertz CT molecular complexity index is 456. The summed E-state index contributed by atoms with van der Waals surface area (Å²) in [5.74, 6) is 0.493. The molecule has 3 atom stereocenters. The Morgan fingerprint density at radius 2 is 2.06 bits per heavy atom. The molecule has 2 fully saturated rings. The van der Waals surface area contributed by atoms with Gasteiger partial charge in [-0.25, -0.2) is 4.79 Å². The average molecular weight is 246 g/mol. The maximum Gasteiger partial charge on any atom is 0.334 e. The first-order valence-electron chi connectivity index (χ1n) is 7.00. The van der Waals surface area contributed by atoms with Crippen LogP contribution in [0.3, 0.4) is 0 Å². The van der Waals surface area contributed by atoms with Gasteiger partial charge in [-0.2, -0.15) is 0 Å². The molecule has 0 aromatic rings. The molecular formula is C16H22O2. The fraction of sp³-hybridized carbons (Fsp3) is 0.688. The predicted molar refractivity (Wildman–Crippen MR) is 70.9 cm³/mol. The van der Waals surface area contributed by atoms with Crippen LogP contribution in [0.25, 0.3) is 0 Å². The van der Waals surface area contributed by atoms with Crippen molar-refractivity contribution in [3.63, 3.8) is 0 Å². The molecule has 3 aliphatic rings. The van der Waals surface area contributed by atoms with Gasteiger partial charge in [0.15, 0.2) is 0 Å². The first kappa shape index (κ1) is 12.0. The molecule has 1 aliphatic heterocycles. The van der Waals surface area contributed by atoms with Crippen molar-refractivity contribution in [2.24, 2.45) is 17.3 Å². The third kappa shape index (κ3) is 1.51. The van der Waals surface area contributed by atoms with E-state index >= 15 is 0 Å². The van der Waals surface area contributed by atoms with Crippen LogP contribution in [0, 0.1) is 17.3 Å². The summed E-state index contributed by atoms with van der Waals surface area (Å²) in [7, 11) is 0. The van der Waals surface area contributed by atoms with E-state index in [2.05, 4.69) is 27.4 Å². The van der Waals surface area contributed by atoms with Gasteiger partial charge < -0.3 is 4.74 Å². The van der Waals surface area contributed by atoms with Crippen LogP contribution in [0.4, 0.5) is 0 Å². The van der Waals surface area contributed by atoms with Crippen LogP contribution in [-0.4, -0.2) is 12.1 Å². The van der Waals surface area contributed by atoms with E-state index in [4.69, 9.17) is 4.74 Å². The number of carbonyl (C=O) groups excluding carboxylic acids is 1. The zero-order valence-electron chi connectivity index (χ0n) is 11.6. The number of carbonyl (C=O) groups is 1. The Labute approximate surface area is 109 Å². The minimum atomic E-state index is -0.161. The molecule has 0 aromatic carbocycles. The van der Waals surface area contributed by atoms with Gasteiger partial charge in [0.05, 0.1) is 0 Å². The number of ether oxygens (including phenoxy) is 1. The van der Waals surface area contributed by atoms with E-state index in [0.29, 0.717) is 11.5 Å². The Kier molecular flexibility index (Phi) is 2.48. The van der Waals surface area contributed by atoms with E-state index in [1.807, 2.05) is 0 Å². The zero-order valence-corrected chi connectivity index (χ0v) is 11.6. The lowest BCUT2D eigenvalue weighted by molar-refractivity contribution is -0.142. The first-order valence-corrected chi connectivity index (χ1v) is 7.00. The molecular weight excluding hydrogens is 224 g/mol. The van der Waals surface area contributed by atoms with Crippen LogP contribution in [-0.2, 0) is 9.53 Å². The second kappa shape index (κ2) is 3.72. The Morgan fingerprint density at radius 1 is 1.33 bits per heavy atom. The third-order valence-electron chi connectivity index (χ3n) is 5.31. The van der Waals surface area contributed by atoms with Gasteiger partial charge in [-0.3, -0.25) is 0 Å². The molecule has 2 aliphatic carbocycles. The highest BCUT2D eigenvalue weighted by molar-refractivity contribution is 5.91. The van der Waals surface area contributed by atoms with Crippen LogP contribution in [0.5, 0.6) is 0 Å². The molecule has 0 N–H and O–H groups in total. The van der Waals surface area contributed by atoms with Crippen LogP contribution < -0.4 is 0 Å². The minimum Gasteiger partial charge on any atom is -0.458 e. The number of rotatable bonds is 0. The van der Waals surface area contributed by atoms with Gasteiger partial charge in [0.2, 0.25) is 0 Å². The first-order chi connectivity index (χ1) is 8.42. The van der Waals surface area contributed by atoms with Crippen LogP contribution in [0.2, 0.25) is 0 Å². The van der Waals surface area contributed by atoms with Gasteiger partial charge in [0.25, 0.3) is 0 Å². The monoisotopic (exact) mass is 246 g/mol. The summed E-state index contributed by atoms with van der Waals surface area (Å²) < 4.78 is 5.68. The molecule has 0 aromatic heterocycles. The Hall–Kier alpha value is -1.05. The molecule has 0 amide bonds. The van der Waals surface area contributed by atoms with Crippen molar-refractivity contribution < 1.29 is 9.53 Å². The largest absolute Gasteiger partial charge is 0.458 e. The van der Waals surface area contributed by atoms with Crippen molar-refractivity contribution in [2.75, 3.05) is 0 Å². The lowest BCUT2D eigenvalue weighted by Crippen LogP contribution is -2.34. The van der Waals surface area contributed by atoms with Gasteiger partial charge >= 0.3 is 5.97 Å². The van der Waals surface area contributed by atoms with Crippen molar-refractivity contribution in [3.05, 3.63) is 23.3 Å². The number of fused-ring (bicyclic) bond motifs is 3. The topological polar surface area (TPSA) is 26.3 Å². The molecule has 18 heavy (non-hydrogen) atoms. The quantitative estimate of drug-likeness (QED) is 0.370. The minimum absolute atomic E-state index is 0.0509. The molecule has 3 unspecified atom stereocenters. The molecule has 1 saturated heterocycles. The van der Waals surface area contributed by atoms with Crippen molar-refractivity contribution in [1.82, 2.24) is 0 Å². The molecule has 3 rings (SSSR count). The molecule has 1 saturated carbocycles. The normalized spacial score (nSPS) is 38.3. The van der Waals surface area contributed by atoms with Gasteiger partial charge in [-0.05, 0) is 38.0 Å². The molecule has 2 nitrogen and oxygen atoms in total. The van der Waals surface area contributed by atoms with E-state index in [1.165, 1.54) is 18.4 Å². The van der Waals surface area contributed by atoms with E-state index in [-0.39, 0.29) is 23.4 Å². The Morgan fingerprint density at radius 3 is 2.78 bits per heavy atom. The summed E-state index contributed by atoms with van der Waals surface area (Å²) in [5.41, 5.74) is 4.05. The Balaban J connectivity index is 2.06. The number of allylic oxidation sites excluding steroid dienone is 1. The molecule has 98 valence electrons. The van der Waals surface area contributed by atoms with Crippen molar-refractivity contribution >= 4 is 5.97 Å². The maximum atomic E-state index is 11.8. The summed E-state index contributed by atoms with van der Waals surface area (Å²) in [4.78, 5) is 11.8. The van der Waals surface area contributed by atoms with E-state index in [9.17, 15) is 4.79 Å². The number of esters is 1. The fourth-order valence-corrected chi connectivity index (χ4v) is 4.16. The third-order valence-corrected chi connectivity index (χ3v) is 5.31. The summed E-state index contributed by atoms with van der Waals surface area (Å²) >= 11 is 0. The summed E-state index contributed by atoms with van der Waals surface area (Å²) in [5, 5.41) is 0. The van der Waals surface area contributed by atoms with Crippen molar-refractivity contribution in [2.45, 2.75) is 52.6 Å². The lowest BCUT2D eigenvalue weighted by Gasteiger charge is -2.33. The highest BCUT2D eigenvalue weighted by atomic mass is 16.6. The van der Waals surface area contributed by atoms with Crippen LogP contribution in [0.1, 0.15) is 46.5 Å². The number of hydrogen-bond acceptors (Lipinski definition) is 2. The van der Waals surface area contributed by atoms with E-state index < -0.39 is 0 Å². The van der Waals surface area contributed by atoms with Crippen LogP contribution in [0.15, 0.2) is 23.3 Å². The predicted octanol–water partition coefficient (Wildman–Crippen LogP) is 3.63. The SMILES string of the molecule is C=C1C(=O)OC2C1CCC(C)=C1CCC(C)(C)C12. The smallest absolute Gasteiger partial charge is 0.334 e. The van der Waals surface area contributed by atoms with Gasteiger partial charge in [-0.1, -0.05) is 31.6 Å². The highest BCUT2D eigenvalue weighted by Gasteiger charge is 2.52. The van der Waals surface area contributed by atoms with E-state index in [1.54, 1.807) is 5.57 Å². The fourth-order valence-electron chi connectivity index (χ4n) is 4.16. The standard InChI is InChI=1S/C16H22O2/c1-9-5-6-12-10(2)15(17)18-14(12)13-11(9)7-8-16(13,3)4/h12-14H,2,5-8H2,1,3-4H3. The second-order valence-electron chi connectivity index (χ2n) is 6.81. The number of hydrogen-bond donors (Lipinski definition) is 0. The highest BCUT2D eigenvalue weighted by Crippen LogP contribution is 2.55. The summed E-state index contributed by atoms with van der Waals surface area (Å²) in [6, 6.07) is 0. The molecule has 0 spiro atoms. The molecule has 0 radical (unpaired) electrons. The molecule has 2 heteroatoms. The zero-order chi connectivity index (χ0) is 13.1. The van der Waals surface area contributed by atoms with Gasteiger partial charge in [0.1, 0.15) is 6.10 Å². The van der Waals surface area contributed by atoms with Crippen LogP contribution >= 0.6 is 0 Å². The maximum absolute atomic E-state index is 11.8. The van der Waals surface area contributed by atoms with Crippen molar-refractivity contribution in [3.8, 4) is 0 Å². The summed E-state index contributed by atoms with van der Waals surface area (Å²) in [6.45, 7) is 10.8.